The average molecular weight is 275 g/mol. The summed E-state index contributed by atoms with van der Waals surface area (Å²) in [6.07, 6.45) is 2.07. The first-order valence-corrected chi connectivity index (χ1v) is 7.34. The molecule has 0 atom stereocenters. The lowest BCUT2D eigenvalue weighted by Gasteiger charge is -2.42. The van der Waals surface area contributed by atoms with Gasteiger partial charge in [0.2, 0.25) is 0 Å². The van der Waals surface area contributed by atoms with Crippen molar-refractivity contribution >= 4 is 5.97 Å². The molecule has 0 radical (unpaired) electrons. The Labute approximate surface area is 121 Å². The molecule has 1 heterocycles. The maximum Gasteiger partial charge on any atom is 0.339 e. The van der Waals surface area contributed by atoms with Gasteiger partial charge in [-0.05, 0) is 49.1 Å². The number of pyridine rings is 1. The monoisotopic (exact) mass is 275 g/mol. The minimum Gasteiger partial charge on any atom is -0.462 e. The van der Waals surface area contributed by atoms with Gasteiger partial charge in [0.1, 0.15) is 0 Å². The van der Waals surface area contributed by atoms with E-state index in [-0.39, 0.29) is 16.8 Å². The molecule has 0 saturated heterocycles. The zero-order valence-corrected chi connectivity index (χ0v) is 13.5. The summed E-state index contributed by atoms with van der Waals surface area (Å²) >= 11 is 0. The third-order valence-corrected chi connectivity index (χ3v) is 4.08. The molecule has 20 heavy (non-hydrogen) atoms. The van der Waals surface area contributed by atoms with Crippen LogP contribution in [0.25, 0.3) is 0 Å². The van der Waals surface area contributed by atoms with Crippen molar-refractivity contribution in [3.8, 4) is 0 Å². The zero-order valence-electron chi connectivity index (χ0n) is 13.5. The Balaban J connectivity index is 2.53. The molecule has 2 rings (SSSR count). The summed E-state index contributed by atoms with van der Waals surface area (Å²) in [6, 6.07) is 2.00. The maximum absolute atomic E-state index is 12.0. The molecule has 0 bridgehead atoms. The minimum absolute atomic E-state index is 0.0407. The highest BCUT2D eigenvalue weighted by Crippen LogP contribution is 2.45. The topological polar surface area (TPSA) is 39.2 Å². The molecule has 1 aliphatic rings. The summed E-state index contributed by atoms with van der Waals surface area (Å²) in [4.78, 5) is 16.7. The normalized spacial score (nSPS) is 19.3. The van der Waals surface area contributed by atoms with E-state index in [1.807, 2.05) is 19.9 Å². The van der Waals surface area contributed by atoms with Gasteiger partial charge in [-0.25, -0.2) is 4.79 Å². The lowest BCUT2D eigenvalue weighted by Crippen LogP contribution is -2.36. The number of carbonyl (C=O) groups is 1. The number of aromatic nitrogens is 1. The number of esters is 1. The second-order valence-corrected chi connectivity index (χ2v) is 7.24. The molecular formula is C17H25NO2. The number of rotatable bonds is 2. The first-order chi connectivity index (χ1) is 9.16. The Bertz CT molecular complexity index is 544. The van der Waals surface area contributed by atoms with Crippen molar-refractivity contribution in [1.82, 2.24) is 4.98 Å². The van der Waals surface area contributed by atoms with Gasteiger partial charge in [-0.15, -0.1) is 0 Å². The van der Waals surface area contributed by atoms with E-state index in [0.29, 0.717) is 12.2 Å². The van der Waals surface area contributed by atoms with Crippen molar-refractivity contribution in [2.45, 2.75) is 59.8 Å². The molecule has 1 aliphatic carbocycles. The summed E-state index contributed by atoms with van der Waals surface area (Å²) in [7, 11) is 0. The molecule has 0 N–H and O–H groups in total. The number of aryl methyl sites for hydroxylation is 1. The van der Waals surface area contributed by atoms with E-state index in [1.54, 1.807) is 0 Å². The molecule has 3 nitrogen and oxygen atoms in total. The van der Waals surface area contributed by atoms with Gasteiger partial charge in [-0.3, -0.25) is 4.98 Å². The van der Waals surface area contributed by atoms with Crippen LogP contribution in [0.5, 0.6) is 0 Å². The van der Waals surface area contributed by atoms with Gasteiger partial charge >= 0.3 is 5.97 Å². The molecule has 1 aromatic rings. The molecule has 0 amide bonds. The van der Waals surface area contributed by atoms with Crippen LogP contribution in [0, 0.1) is 12.3 Å². The predicted molar refractivity (Wildman–Crippen MR) is 80.1 cm³/mol. The van der Waals surface area contributed by atoms with Crippen molar-refractivity contribution in [3.05, 3.63) is 28.6 Å². The summed E-state index contributed by atoms with van der Waals surface area (Å²) in [5.74, 6) is -0.263. The fourth-order valence-electron chi connectivity index (χ4n) is 3.60. The Kier molecular flexibility index (Phi) is 3.66. The highest BCUT2D eigenvalue weighted by molar-refractivity contribution is 5.90. The SMILES string of the molecule is CCOC(=O)c1cc2c(nc1C)CC(C)(C)CC2(C)C. The number of fused-ring (bicyclic) bond motifs is 1. The minimum atomic E-state index is -0.263. The second kappa shape index (κ2) is 4.87. The van der Waals surface area contributed by atoms with Gasteiger partial charge in [0.25, 0.3) is 0 Å². The van der Waals surface area contributed by atoms with Crippen molar-refractivity contribution in [2.75, 3.05) is 6.61 Å². The zero-order chi connectivity index (χ0) is 15.1. The van der Waals surface area contributed by atoms with E-state index in [4.69, 9.17) is 9.72 Å². The average Bonchev–Trinajstić information content (AvgIpc) is 2.25. The Hall–Kier alpha value is -1.38. The summed E-state index contributed by atoms with van der Waals surface area (Å²) in [5, 5.41) is 0. The highest BCUT2D eigenvalue weighted by atomic mass is 16.5. The molecule has 0 aliphatic heterocycles. The summed E-state index contributed by atoms with van der Waals surface area (Å²) in [6.45, 7) is 13.2. The number of hydrogen-bond donors (Lipinski definition) is 0. The van der Waals surface area contributed by atoms with Crippen LogP contribution in [0.3, 0.4) is 0 Å². The van der Waals surface area contributed by atoms with Gasteiger partial charge < -0.3 is 4.74 Å². The van der Waals surface area contributed by atoms with Crippen LogP contribution in [0.4, 0.5) is 0 Å². The smallest absolute Gasteiger partial charge is 0.339 e. The lowest BCUT2D eigenvalue weighted by molar-refractivity contribution is 0.0524. The molecule has 0 aromatic carbocycles. The lowest BCUT2D eigenvalue weighted by atomic mass is 9.64. The Morgan fingerprint density at radius 3 is 2.60 bits per heavy atom. The molecule has 0 fully saturated rings. The molecule has 110 valence electrons. The van der Waals surface area contributed by atoms with E-state index in [0.717, 1.165) is 24.2 Å². The third-order valence-electron chi connectivity index (χ3n) is 4.08. The van der Waals surface area contributed by atoms with Crippen LogP contribution in [0.15, 0.2) is 6.07 Å². The van der Waals surface area contributed by atoms with E-state index >= 15 is 0 Å². The quantitative estimate of drug-likeness (QED) is 0.770. The first kappa shape index (κ1) is 15.0. The van der Waals surface area contributed by atoms with Gasteiger partial charge in [0.15, 0.2) is 0 Å². The van der Waals surface area contributed by atoms with Gasteiger partial charge in [0, 0.05) is 5.69 Å². The summed E-state index contributed by atoms with van der Waals surface area (Å²) in [5.41, 5.74) is 4.01. The Morgan fingerprint density at radius 2 is 2.00 bits per heavy atom. The Morgan fingerprint density at radius 1 is 1.35 bits per heavy atom. The van der Waals surface area contributed by atoms with Crippen molar-refractivity contribution in [2.24, 2.45) is 5.41 Å². The fourth-order valence-corrected chi connectivity index (χ4v) is 3.60. The van der Waals surface area contributed by atoms with Crippen LogP contribution in [0.2, 0.25) is 0 Å². The van der Waals surface area contributed by atoms with Crippen molar-refractivity contribution < 1.29 is 9.53 Å². The van der Waals surface area contributed by atoms with Crippen LogP contribution in [-0.2, 0) is 16.6 Å². The summed E-state index contributed by atoms with van der Waals surface area (Å²) < 4.78 is 5.13. The van der Waals surface area contributed by atoms with E-state index in [1.165, 1.54) is 5.56 Å². The van der Waals surface area contributed by atoms with Crippen LogP contribution in [0.1, 0.15) is 68.3 Å². The van der Waals surface area contributed by atoms with Crippen LogP contribution in [-0.4, -0.2) is 17.6 Å². The number of nitrogens with zero attached hydrogens (tertiary/aromatic N) is 1. The van der Waals surface area contributed by atoms with E-state index in [2.05, 4.69) is 27.7 Å². The molecule has 0 spiro atoms. The van der Waals surface area contributed by atoms with Gasteiger partial charge in [-0.2, -0.15) is 0 Å². The van der Waals surface area contributed by atoms with Crippen LogP contribution < -0.4 is 0 Å². The van der Waals surface area contributed by atoms with Crippen LogP contribution >= 0.6 is 0 Å². The first-order valence-electron chi connectivity index (χ1n) is 7.34. The van der Waals surface area contributed by atoms with Gasteiger partial charge in [0.05, 0.1) is 17.9 Å². The largest absolute Gasteiger partial charge is 0.462 e. The van der Waals surface area contributed by atoms with Crippen molar-refractivity contribution in [3.63, 3.8) is 0 Å². The molecule has 3 heteroatoms. The third kappa shape index (κ3) is 2.72. The maximum atomic E-state index is 12.0. The number of carbonyl (C=O) groups excluding carboxylic acids is 1. The molecule has 0 unspecified atom stereocenters. The molecule has 1 aromatic heterocycles. The fraction of sp³-hybridized carbons (Fsp3) is 0.647. The molecular weight excluding hydrogens is 250 g/mol. The van der Waals surface area contributed by atoms with Gasteiger partial charge in [-0.1, -0.05) is 27.7 Å². The highest BCUT2D eigenvalue weighted by Gasteiger charge is 2.38. The van der Waals surface area contributed by atoms with E-state index < -0.39 is 0 Å². The number of hydrogen-bond acceptors (Lipinski definition) is 3. The molecule has 0 saturated carbocycles. The number of ether oxygens (including phenoxy) is 1. The second-order valence-electron chi connectivity index (χ2n) is 7.24. The predicted octanol–water partition coefficient (Wildman–Crippen LogP) is 3.82. The van der Waals surface area contributed by atoms with E-state index in [9.17, 15) is 4.79 Å². The standard InChI is InChI=1S/C17H25NO2/c1-7-20-15(19)12-8-13-14(18-11(12)2)9-16(3,4)10-17(13,5)6/h8H,7,9-10H2,1-6H3. The van der Waals surface area contributed by atoms with Crippen molar-refractivity contribution in [1.29, 1.82) is 0 Å².